The molecule has 22 heavy (non-hydrogen) atoms. The normalized spacial score (nSPS) is 27.3. The molecule has 1 aliphatic heterocycles. The van der Waals surface area contributed by atoms with Crippen molar-refractivity contribution in [1.82, 2.24) is 19.9 Å². The first-order chi connectivity index (χ1) is 10.6. The molecule has 2 fully saturated rings. The number of H-pyrrole nitrogens is 1. The third kappa shape index (κ3) is 2.00. The van der Waals surface area contributed by atoms with E-state index >= 15 is 0 Å². The van der Waals surface area contributed by atoms with Crippen LogP contribution in [0.15, 0.2) is 18.6 Å². The quantitative estimate of drug-likeness (QED) is 0.883. The van der Waals surface area contributed by atoms with Gasteiger partial charge in [0, 0.05) is 32.4 Å². The number of aromatic amines is 1. The minimum atomic E-state index is -0.788. The lowest BCUT2D eigenvalue weighted by Crippen LogP contribution is -2.34. The molecule has 3 heterocycles. The molecule has 2 N–H and O–H groups in total. The van der Waals surface area contributed by atoms with E-state index in [0.29, 0.717) is 31.0 Å². The van der Waals surface area contributed by atoms with Crippen molar-refractivity contribution in [2.24, 2.45) is 11.8 Å². The molecule has 2 aromatic heterocycles. The van der Waals surface area contributed by atoms with Crippen molar-refractivity contribution >= 4 is 22.9 Å². The minimum Gasteiger partial charge on any atom is -0.465 e. The first-order valence-electron chi connectivity index (χ1n) is 7.62. The van der Waals surface area contributed by atoms with Crippen LogP contribution in [0.5, 0.6) is 0 Å². The SMILES string of the molecule is CN(c1ncnc2[nH]ccc12)[C@H]1C[C@@H]2CN(C(=O)O)C[C@@H]2C1. The van der Waals surface area contributed by atoms with E-state index in [9.17, 15) is 4.79 Å². The van der Waals surface area contributed by atoms with Crippen molar-refractivity contribution in [2.75, 3.05) is 25.0 Å². The summed E-state index contributed by atoms with van der Waals surface area (Å²) in [7, 11) is 2.08. The summed E-state index contributed by atoms with van der Waals surface area (Å²) in [6, 6.07) is 2.42. The molecule has 1 aliphatic carbocycles. The molecular formula is C15H19N5O2. The van der Waals surface area contributed by atoms with E-state index in [1.165, 1.54) is 0 Å². The van der Waals surface area contributed by atoms with Crippen LogP contribution < -0.4 is 4.90 Å². The second-order valence-corrected chi connectivity index (χ2v) is 6.38. The Balaban J connectivity index is 1.53. The van der Waals surface area contributed by atoms with Crippen molar-refractivity contribution in [3.05, 3.63) is 18.6 Å². The van der Waals surface area contributed by atoms with E-state index in [1.807, 2.05) is 12.3 Å². The molecule has 2 aromatic rings. The average molecular weight is 301 g/mol. The second kappa shape index (κ2) is 4.86. The summed E-state index contributed by atoms with van der Waals surface area (Å²) in [6.07, 6.45) is 4.74. The highest BCUT2D eigenvalue weighted by molar-refractivity contribution is 5.87. The number of likely N-dealkylation sites (tertiary alicyclic amines) is 1. The van der Waals surface area contributed by atoms with Crippen molar-refractivity contribution in [3.63, 3.8) is 0 Å². The summed E-state index contributed by atoms with van der Waals surface area (Å²) in [6.45, 7) is 1.35. The largest absolute Gasteiger partial charge is 0.465 e. The zero-order chi connectivity index (χ0) is 15.3. The Kier molecular flexibility index (Phi) is 2.95. The first-order valence-corrected chi connectivity index (χ1v) is 7.62. The van der Waals surface area contributed by atoms with E-state index in [-0.39, 0.29) is 0 Å². The molecule has 3 atom stereocenters. The number of aromatic nitrogens is 3. The summed E-state index contributed by atoms with van der Waals surface area (Å²) < 4.78 is 0. The summed E-state index contributed by atoms with van der Waals surface area (Å²) >= 11 is 0. The Bertz CT molecular complexity index is 701. The van der Waals surface area contributed by atoms with Crippen molar-refractivity contribution in [1.29, 1.82) is 0 Å². The van der Waals surface area contributed by atoms with E-state index in [2.05, 4.69) is 26.9 Å². The molecule has 1 amide bonds. The molecule has 0 unspecified atom stereocenters. The fourth-order valence-electron chi connectivity index (χ4n) is 4.05. The van der Waals surface area contributed by atoms with Crippen LogP contribution in [0.4, 0.5) is 10.6 Å². The van der Waals surface area contributed by atoms with Crippen LogP contribution in [0, 0.1) is 11.8 Å². The van der Waals surface area contributed by atoms with Gasteiger partial charge in [0.1, 0.15) is 17.8 Å². The Hall–Kier alpha value is -2.31. The Labute approximate surface area is 128 Å². The maximum absolute atomic E-state index is 11.1. The topological polar surface area (TPSA) is 85.4 Å². The van der Waals surface area contributed by atoms with Gasteiger partial charge in [-0.2, -0.15) is 0 Å². The van der Waals surface area contributed by atoms with E-state index in [0.717, 1.165) is 29.7 Å². The molecule has 1 saturated heterocycles. The number of hydrogen-bond acceptors (Lipinski definition) is 4. The van der Waals surface area contributed by atoms with Crippen LogP contribution in [-0.4, -0.2) is 57.2 Å². The van der Waals surface area contributed by atoms with E-state index in [1.54, 1.807) is 11.2 Å². The predicted octanol–water partition coefficient (Wildman–Crippen LogP) is 1.78. The lowest BCUT2D eigenvalue weighted by Gasteiger charge is -2.27. The molecule has 7 nitrogen and oxygen atoms in total. The van der Waals surface area contributed by atoms with Gasteiger partial charge in [-0.15, -0.1) is 0 Å². The Morgan fingerprint density at radius 2 is 2.09 bits per heavy atom. The monoisotopic (exact) mass is 301 g/mol. The Morgan fingerprint density at radius 3 is 2.77 bits per heavy atom. The summed E-state index contributed by atoms with van der Waals surface area (Å²) in [4.78, 5) is 26.7. The maximum atomic E-state index is 11.1. The van der Waals surface area contributed by atoms with Crippen molar-refractivity contribution in [2.45, 2.75) is 18.9 Å². The third-order valence-corrected chi connectivity index (χ3v) is 5.21. The number of anilines is 1. The fourth-order valence-corrected chi connectivity index (χ4v) is 4.05. The standard InChI is InChI=1S/C15H19N5O2/c1-19(14-12-2-3-16-13(12)17-8-18-14)11-4-9-6-20(15(21)22)7-10(9)5-11/h2-3,8-11H,4-7H2,1H3,(H,21,22)(H,16,17,18)/t9-,10+,11+. The van der Waals surface area contributed by atoms with E-state index < -0.39 is 6.09 Å². The van der Waals surface area contributed by atoms with E-state index in [4.69, 9.17) is 5.11 Å². The fraction of sp³-hybridized carbons (Fsp3) is 0.533. The number of nitrogens with one attached hydrogen (secondary N) is 1. The van der Waals surface area contributed by atoms with Gasteiger partial charge in [-0.1, -0.05) is 0 Å². The van der Waals surface area contributed by atoms with Gasteiger partial charge < -0.3 is 19.9 Å². The molecule has 4 rings (SSSR count). The molecule has 7 heteroatoms. The number of hydrogen-bond donors (Lipinski definition) is 2. The Morgan fingerprint density at radius 1 is 1.36 bits per heavy atom. The average Bonchev–Trinajstić information content (AvgIpc) is 3.18. The van der Waals surface area contributed by atoms with Gasteiger partial charge in [0.2, 0.25) is 0 Å². The van der Waals surface area contributed by atoms with Crippen molar-refractivity contribution < 1.29 is 9.90 Å². The smallest absolute Gasteiger partial charge is 0.407 e. The van der Waals surface area contributed by atoms with Gasteiger partial charge in [-0.05, 0) is 30.7 Å². The van der Waals surface area contributed by atoms with Crippen LogP contribution in [0.25, 0.3) is 11.0 Å². The highest BCUT2D eigenvalue weighted by Gasteiger charge is 2.43. The third-order valence-electron chi connectivity index (χ3n) is 5.21. The summed E-state index contributed by atoms with van der Waals surface area (Å²) in [5, 5.41) is 10.1. The molecule has 116 valence electrons. The molecular weight excluding hydrogens is 282 g/mol. The molecule has 0 radical (unpaired) electrons. The summed E-state index contributed by atoms with van der Waals surface area (Å²) in [5.74, 6) is 1.91. The van der Waals surface area contributed by atoms with Gasteiger partial charge in [0.05, 0.1) is 5.39 Å². The number of amides is 1. The van der Waals surface area contributed by atoms with Gasteiger partial charge in [-0.25, -0.2) is 14.8 Å². The van der Waals surface area contributed by atoms with Gasteiger partial charge in [0.15, 0.2) is 0 Å². The van der Waals surface area contributed by atoms with Gasteiger partial charge in [0.25, 0.3) is 0 Å². The zero-order valence-electron chi connectivity index (χ0n) is 12.4. The number of carboxylic acid groups (broad SMARTS) is 1. The number of rotatable bonds is 2. The highest BCUT2D eigenvalue weighted by atomic mass is 16.4. The maximum Gasteiger partial charge on any atom is 0.407 e. The molecule has 0 bridgehead atoms. The summed E-state index contributed by atoms with van der Waals surface area (Å²) in [5.41, 5.74) is 0.854. The predicted molar refractivity (Wildman–Crippen MR) is 81.9 cm³/mol. The van der Waals surface area contributed by atoms with Crippen molar-refractivity contribution in [3.8, 4) is 0 Å². The van der Waals surface area contributed by atoms with Crippen LogP contribution in [0.3, 0.4) is 0 Å². The molecule has 1 saturated carbocycles. The van der Waals surface area contributed by atoms with Gasteiger partial charge in [-0.3, -0.25) is 0 Å². The zero-order valence-corrected chi connectivity index (χ0v) is 12.4. The molecule has 2 aliphatic rings. The number of fused-ring (bicyclic) bond motifs is 2. The molecule has 0 spiro atoms. The minimum absolute atomic E-state index is 0.416. The van der Waals surface area contributed by atoms with Gasteiger partial charge >= 0.3 is 6.09 Å². The highest BCUT2D eigenvalue weighted by Crippen LogP contribution is 2.41. The molecule has 0 aromatic carbocycles. The number of carbonyl (C=O) groups is 1. The lowest BCUT2D eigenvalue weighted by molar-refractivity contribution is 0.152. The lowest BCUT2D eigenvalue weighted by atomic mass is 10.0. The van der Waals surface area contributed by atoms with Crippen LogP contribution in [-0.2, 0) is 0 Å². The second-order valence-electron chi connectivity index (χ2n) is 6.38. The number of nitrogens with zero attached hydrogens (tertiary/aromatic N) is 4. The van der Waals surface area contributed by atoms with Crippen LogP contribution in [0.2, 0.25) is 0 Å². The van der Waals surface area contributed by atoms with Crippen LogP contribution in [0.1, 0.15) is 12.8 Å². The first kappa shape index (κ1) is 13.4. The van der Waals surface area contributed by atoms with Crippen LogP contribution >= 0.6 is 0 Å².